The minimum absolute atomic E-state index is 0.0772. The summed E-state index contributed by atoms with van der Waals surface area (Å²) < 4.78 is 9.98. The van der Waals surface area contributed by atoms with Crippen LogP contribution in [-0.2, 0) is 9.59 Å². The summed E-state index contributed by atoms with van der Waals surface area (Å²) >= 11 is 0. The highest BCUT2D eigenvalue weighted by atomic mass is 16.5. The Labute approximate surface area is 177 Å². The molecule has 0 fully saturated rings. The highest BCUT2D eigenvalue weighted by Crippen LogP contribution is 2.39. The summed E-state index contributed by atoms with van der Waals surface area (Å²) in [5.41, 5.74) is 0. The van der Waals surface area contributed by atoms with Crippen molar-refractivity contribution in [1.82, 2.24) is 0 Å². The molecule has 10 nitrogen and oxygen atoms in total. The van der Waals surface area contributed by atoms with Crippen LogP contribution in [0.1, 0.15) is 44.9 Å². The molecule has 10 heteroatoms. The highest BCUT2D eigenvalue weighted by molar-refractivity contribution is 5.73. The molecular weight excluding hydrogens is 412 g/mol. The van der Waals surface area contributed by atoms with Gasteiger partial charge in [0.2, 0.25) is 11.5 Å². The lowest BCUT2D eigenvalue weighted by molar-refractivity contribution is -0.135. The van der Waals surface area contributed by atoms with Crippen LogP contribution in [0.2, 0.25) is 0 Å². The Hall–Kier alpha value is -3.82. The molecule has 0 amide bonds. The molecular formula is C21H24O10. The quantitative estimate of drug-likeness (QED) is 0.140. The van der Waals surface area contributed by atoms with Gasteiger partial charge in [-0.05, 0) is 12.8 Å². The molecule has 0 aliphatic carbocycles. The average Bonchev–Trinajstić information content (AvgIpc) is 2.69. The van der Waals surface area contributed by atoms with E-state index in [-0.39, 0.29) is 24.3 Å². The summed E-state index contributed by atoms with van der Waals surface area (Å²) in [6.07, 6.45) is 3.54. The minimum atomic E-state index is -0.692. The van der Waals surface area contributed by atoms with E-state index in [1.165, 1.54) is 0 Å². The van der Waals surface area contributed by atoms with Gasteiger partial charge in [0.05, 0.1) is 0 Å². The van der Waals surface area contributed by atoms with Crippen molar-refractivity contribution < 1.29 is 49.7 Å². The van der Waals surface area contributed by atoms with Gasteiger partial charge in [-0.2, -0.15) is 0 Å². The number of ether oxygens (including phenoxy) is 2. The van der Waals surface area contributed by atoms with Gasteiger partial charge in [0.15, 0.2) is 23.0 Å². The lowest BCUT2D eigenvalue weighted by Crippen LogP contribution is -2.08. The van der Waals surface area contributed by atoms with E-state index in [4.69, 9.17) is 9.47 Å². The van der Waals surface area contributed by atoms with Crippen molar-refractivity contribution in [3.05, 3.63) is 24.3 Å². The van der Waals surface area contributed by atoms with E-state index in [2.05, 4.69) is 0 Å². The molecule has 0 saturated heterocycles. The Morgan fingerprint density at radius 3 is 1.16 bits per heavy atom. The third-order valence-electron chi connectivity index (χ3n) is 4.31. The number of aromatic hydroxyl groups is 6. The van der Waals surface area contributed by atoms with Crippen molar-refractivity contribution in [1.29, 1.82) is 0 Å². The van der Waals surface area contributed by atoms with Crippen LogP contribution in [0, 0.1) is 0 Å². The van der Waals surface area contributed by atoms with Gasteiger partial charge in [0, 0.05) is 37.1 Å². The van der Waals surface area contributed by atoms with Crippen molar-refractivity contribution >= 4 is 11.9 Å². The third-order valence-corrected chi connectivity index (χ3v) is 4.31. The molecule has 0 saturated carbocycles. The number of phenolic OH excluding ortho intramolecular Hbond substituents is 6. The summed E-state index contributed by atoms with van der Waals surface area (Å²) in [6, 6.07) is 4.08. The molecule has 0 aliphatic rings. The van der Waals surface area contributed by atoms with E-state index < -0.39 is 46.4 Å². The zero-order valence-corrected chi connectivity index (χ0v) is 16.6. The van der Waals surface area contributed by atoms with Gasteiger partial charge in [-0.25, -0.2) is 0 Å². The van der Waals surface area contributed by atoms with Gasteiger partial charge in [-0.3, -0.25) is 9.59 Å². The minimum Gasteiger partial charge on any atom is -0.504 e. The SMILES string of the molecule is O=C(CCCCCCCC(=O)Oc1cc(O)c(O)c(O)c1)Oc1cc(O)c(O)c(O)c1. The molecule has 2 rings (SSSR count). The molecule has 0 atom stereocenters. The molecule has 0 unspecified atom stereocenters. The van der Waals surface area contributed by atoms with Crippen LogP contribution >= 0.6 is 0 Å². The smallest absolute Gasteiger partial charge is 0.311 e. The van der Waals surface area contributed by atoms with Crippen LogP contribution < -0.4 is 9.47 Å². The van der Waals surface area contributed by atoms with Crippen molar-refractivity contribution in [3.8, 4) is 46.0 Å². The van der Waals surface area contributed by atoms with E-state index in [0.29, 0.717) is 12.8 Å². The molecule has 0 radical (unpaired) electrons. The van der Waals surface area contributed by atoms with E-state index in [1.807, 2.05) is 0 Å². The van der Waals surface area contributed by atoms with E-state index in [1.54, 1.807) is 0 Å². The standard InChI is InChI=1S/C21H24O10/c22-14-8-12(9-15(23)20(14)28)30-18(26)6-4-2-1-3-5-7-19(27)31-13-10-16(24)21(29)17(25)11-13/h8-11,22-25,28-29H,1-7H2. The number of hydrogen-bond acceptors (Lipinski definition) is 10. The molecule has 2 aromatic carbocycles. The summed E-state index contributed by atoms with van der Waals surface area (Å²) in [5, 5.41) is 56.0. The van der Waals surface area contributed by atoms with Gasteiger partial charge in [0.25, 0.3) is 0 Å². The maximum atomic E-state index is 11.8. The highest BCUT2D eigenvalue weighted by Gasteiger charge is 2.13. The van der Waals surface area contributed by atoms with Crippen LogP contribution in [0.3, 0.4) is 0 Å². The molecule has 0 aromatic heterocycles. The predicted octanol–water partition coefficient (Wildman–Crippen LogP) is 3.16. The van der Waals surface area contributed by atoms with Crippen LogP contribution in [0.4, 0.5) is 0 Å². The van der Waals surface area contributed by atoms with Crippen LogP contribution in [-0.4, -0.2) is 42.6 Å². The van der Waals surface area contributed by atoms with E-state index >= 15 is 0 Å². The second-order valence-electron chi connectivity index (χ2n) is 6.84. The number of benzene rings is 2. The monoisotopic (exact) mass is 436 g/mol. The first kappa shape index (κ1) is 23.5. The predicted molar refractivity (Wildman–Crippen MR) is 106 cm³/mol. The average molecular weight is 436 g/mol. The first-order valence-corrected chi connectivity index (χ1v) is 9.58. The van der Waals surface area contributed by atoms with Gasteiger partial charge < -0.3 is 40.1 Å². The van der Waals surface area contributed by atoms with Crippen molar-refractivity contribution in [3.63, 3.8) is 0 Å². The van der Waals surface area contributed by atoms with Gasteiger partial charge in [0.1, 0.15) is 11.5 Å². The molecule has 168 valence electrons. The molecule has 0 spiro atoms. The Bertz CT molecular complexity index is 816. The number of carbonyl (C=O) groups is 2. The molecule has 0 heterocycles. The molecule has 0 aliphatic heterocycles. The Balaban J connectivity index is 1.59. The maximum absolute atomic E-state index is 11.8. The van der Waals surface area contributed by atoms with Crippen LogP contribution in [0.5, 0.6) is 46.0 Å². The molecule has 0 bridgehead atoms. The fraction of sp³-hybridized carbons (Fsp3) is 0.333. The zero-order chi connectivity index (χ0) is 23.0. The fourth-order valence-corrected chi connectivity index (χ4v) is 2.71. The Morgan fingerprint density at radius 1 is 0.548 bits per heavy atom. The maximum Gasteiger partial charge on any atom is 0.311 e. The number of esters is 2. The number of phenols is 6. The number of carbonyl (C=O) groups excluding carboxylic acids is 2. The second kappa shape index (κ2) is 10.8. The Kier molecular flexibility index (Phi) is 8.18. The van der Waals surface area contributed by atoms with E-state index in [0.717, 1.165) is 43.5 Å². The fourth-order valence-electron chi connectivity index (χ4n) is 2.71. The molecule has 2 aromatic rings. The van der Waals surface area contributed by atoms with Gasteiger partial charge in [-0.1, -0.05) is 19.3 Å². The van der Waals surface area contributed by atoms with Crippen LogP contribution in [0.15, 0.2) is 24.3 Å². The molecule has 31 heavy (non-hydrogen) atoms. The topological polar surface area (TPSA) is 174 Å². The van der Waals surface area contributed by atoms with Gasteiger partial charge in [-0.15, -0.1) is 0 Å². The summed E-state index contributed by atoms with van der Waals surface area (Å²) in [7, 11) is 0. The largest absolute Gasteiger partial charge is 0.504 e. The zero-order valence-electron chi connectivity index (χ0n) is 16.6. The first-order chi connectivity index (χ1) is 14.7. The third kappa shape index (κ3) is 7.18. The lowest BCUT2D eigenvalue weighted by Gasteiger charge is -2.08. The van der Waals surface area contributed by atoms with Crippen molar-refractivity contribution in [2.24, 2.45) is 0 Å². The first-order valence-electron chi connectivity index (χ1n) is 9.58. The number of unbranched alkanes of at least 4 members (excludes halogenated alkanes) is 4. The van der Waals surface area contributed by atoms with Crippen molar-refractivity contribution in [2.45, 2.75) is 44.9 Å². The van der Waals surface area contributed by atoms with E-state index in [9.17, 15) is 40.2 Å². The summed E-state index contributed by atoms with van der Waals surface area (Å²) in [4.78, 5) is 23.6. The second-order valence-corrected chi connectivity index (χ2v) is 6.84. The van der Waals surface area contributed by atoms with Crippen molar-refractivity contribution in [2.75, 3.05) is 0 Å². The number of hydrogen-bond donors (Lipinski definition) is 6. The lowest BCUT2D eigenvalue weighted by atomic mass is 10.1. The molecule has 6 N–H and O–H groups in total. The summed E-state index contributed by atoms with van der Waals surface area (Å²) in [5.74, 6) is -5.02. The normalized spacial score (nSPS) is 10.6. The van der Waals surface area contributed by atoms with Crippen LogP contribution in [0.25, 0.3) is 0 Å². The van der Waals surface area contributed by atoms with Gasteiger partial charge >= 0.3 is 11.9 Å². The summed E-state index contributed by atoms with van der Waals surface area (Å²) in [6.45, 7) is 0. The Morgan fingerprint density at radius 2 is 0.839 bits per heavy atom. The number of rotatable bonds is 10.